The normalized spacial score (nSPS) is 20.6. The van der Waals surface area contributed by atoms with Crippen LogP contribution in [0.15, 0.2) is 70.5 Å². The predicted molar refractivity (Wildman–Crippen MR) is 121 cm³/mol. The van der Waals surface area contributed by atoms with Gasteiger partial charge in [0.15, 0.2) is 0 Å². The highest BCUT2D eigenvalue weighted by Gasteiger charge is 2.26. The molecule has 0 fully saturated rings. The molecule has 3 heterocycles. The van der Waals surface area contributed by atoms with E-state index in [9.17, 15) is 0 Å². The van der Waals surface area contributed by atoms with Gasteiger partial charge in [0, 0.05) is 27.8 Å². The average molecular weight is 409 g/mol. The molecule has 0 amide bonds. The lowest BCUT2D eigenvalue weighted by Gasteiger charge is -2.16. The maximum absolute atomic E-state index is 3.77. The quantitative estimate of drug-likeness (QED) is 0.331. The Balaban J connectivity index is 1.25. The summed E-state index contributed by atoms with van der Waals surface area (Å²) in [5.74, 6) is 3.52. The molecular weight excluding hydrogens is 388 g/mol. The van der Waals surface area contributed by atoms with Crippen LogP contribution in [0.2, 0.25) is 0 Å². The smallest absolute Gasteiger partial charge is 0.103 e. The van der Waals surface area contributed by atoms with E-state index >= 15 is 0 Å². The zero-order chi connectivity index (χ0) is 17.8. The van der Waals surface area contributed by atoms with Crippen molar-refractivity contribution in [2.45, 2.75) is 32.4 Å². The summed E-state index contributed by atoms with van der Waals surface area (Å²) in [6.07, 6.45) is 0. The highest BCUT2D eigenvalue weighted by molar-refractivity contribution is 8.16. The summed E-state index contributed by atoms with van der Waals surface area (Å²) < 4.78 is 3.37. The van der Waals surface area contributed by atoms with E-state index in [4.69, 9.17) is 0 Å². The summed E-state index contributed by atoms with van der Waals surface area (Å²) in [7, 11) is -0.106. The third-order valence-corrected chi connectivity index (χ3v) is 10.1. The molecule has 0 aliphatic carbocycles. The van der Waals surface area contributed by atoms with Crippen LogP contribution in [0.4, 0.5) is 11.4 Å². The van der Waals surface area contributed by atoms with E-state index in [1.807, 2.05) is 11.8 Å². The third kappa shape index (κ3) is 2.84. The Hall–Kier alpha value is -1.69. The number of nitrogens with one attached hydrogen (secondary N) is 2. The first-order valence-corrected chi connectivity index (χ1v) is 12.8. The molecule has 1 unspecified atom stereocenters. The Morgan fingerprint density at radius 1 is 0.852 bits per heavy atom. The topological polar surface area (TPSA) is 24.1 Å². The van der Waals surface area contributed by atoms with Crippen molar-refractivity contribution in [3.8, 4) is 0 Å². The third-order valence-electron chi connectivity index (χ3n) is 5.54. The highest BCUT2D eigenvalue weighted by Crippen LogP contribution is 2.53. The zero-order valence-corrected chi connectivity index (χ0v) is 17.3. The molecule has 0 saturated heterocycles. The molecule has 0 aromatic heterocycles. The van der Waals surface area contributed by atoms with Gasteiger partial charge in [0.25, 0.3) is 0 Å². The molecule has 2 nitrogen and oxygen atoms in total. The van der Waals surface area contributed by atoms with Gasteiger partial charge in [0.2, 0.25) is 0 Å². The van der Waals surface area contributed by atoms with E-state index < -0.39 is 0 Å². The predicted octanol–water partition coefficient (Wildman–Crippen LogP) is 6.55. The van der Waals surface area contributed by atoms with Crippen molar-refractivity contribution in [3.05, 3.63) is 82.9 Å². The maximum atomic E-state index is 3.77. The number of thioether (sulfide) groups is 1. The molecule has 3 aromatic carbocycles. The first kappa shape index (κ1) is 16.3. The number of hydrogen-bond donors (Lipinski definition) is 3. The number of thiol groups is 1. The first-order valence-electron chi connectivity index (χ1n) is 9.23. The highest BCUT2D eigenvalue weighted by atomic mass is 32.2. The Labute approximate surface area is 171 Å². The molecule has 0 spiro atoms. The van der Waals surface area contributed by atoms with Crippen LogP contribution in [0.1, 0.15) is 27.6 Å². The van der Waals surface area contributed by atoms with Crippen LogP contribution in [0, 0.1) is 0 Å². The van der Waals surface area contributed by atoms with Gasteiger partial charge in [-0.3, -0.25) is 0 Å². The second-order valence-corrected chi connectivity index (χ2v) is 11.4. The van der Waals surface area contributed by atoms with E-state index in [0.29, 0.717) is 5.37 Å². The minimum Gasteiger partial charge on any atom is -0.368 e. The number of fused-ring (bicyclic) bond motifs is 3. The molecule has 136 valence electrons. The molecule has 0 bridgehead atoms. The molecule has 27 heavy (non-hydrogen) atoms. The van der Waals surface area contributed by atoms with Gasteiger partial charge in [-0.25, -0.2) is 10.9 Å². The van der Waals surface area contributed by atoms with E-state index in [0.717, 1.165) is 5.75 Å². The van der Waals surface area contributed by atoms with Crippen molar-refractivity contribution in [2.24, 2.45) is 0 Å². The van der Waals surface area contributed by atoms with Crippen LogP contribution in [0.3, 0.4) is 0 Å². The molecule has 6 rings (SSSR count). The molecule has 0 radical (unpaired) electrons. The molecule has 0 saturated carbocycles. The molecule has 2 N–H and O–H groups in total. The standard InChI is InChI=1S/C22H20N2S3/c1-2-4-16-13-27(12-15(16)3-1)18-6-8-21-20(10-18)23-22(26-21)14-5-7-19-17(9-14)11-25-24-19/h1-10,22-24,27H,11-13H2. The second kappa shape index (κ2) is 6.43. The van der Waals surface area contributed by atoms with Gasteiger partial charge in [0.1, 0.15) is 5.37 Å². The summed E-state index contributed by atoms with van der Waals surface area (Å²) in [6.45, 7) is 0. The monoisotopic (exact) mass is 408 g/mol. The summed E-state index contributed by atoms with van der Waals surface area (Å²) in [4.78, 5) is 2.91. The minimum atomic E-state index is -0.106. The Morgan fingerprint density at radius 2 is 1.70 bits per heavy atom. The molecule has 3 aliphatic heterocycles. The SMILES string of the molecule is c1ccc2c(c1)C[SH](c1ccc3c(c1)NC(c1ccc4c(c1)CSN4)S3)C2. The van der Waals surface area contributed by atoms with E-state index in [2.05, 4.69) is 70.7 Å². The van der Waals surface area contributed by atoms with Gasteiger partial charge in [0.05, 0.1) is 5.69 Å². The molecule has 3 aliphatic rings. The van der Waals surface area contributed by atoms with Crippen LogP contribution in [0.5, 0.6) is 0 Å². The van der Waals surface area contributed by atoms with Gasteiger partial charge < -0.3 is 10.0 Å². The summed E-state index contributed by atoms with van der Waals surface area (Å²) >= 11 is 3.72. The van der Waals surface area contributed by atoms with Crippen LogP contribution < -0.4 is 10.0 Å². The second-order valence-electron chi connectivity index (χ2n) is 7.25. The molecular formula is C22H20N2S3. The number of hydrogen-bond acceptors (Lipinski definition) is 4. The molecule has 5 heteroatoms. The van der Waals surface area contributed by atoms with Crippen molar-refractivity contribution in [2.75, 3.05) is 10.0 Å². The first-order chi connectivity index (χ1) is 13.3. The lowest BCUT2D eigenvalue weighted by Crippen LogP contribution is -2.01. The number of benzene rings is 3. The van der Waals surface area contributed by atoms with E-state index in [-0.39, 0.29) is 10.9 Å². The summed E-state index contributed by atoms with van der Waals surface area (Å²) in [5, 5.41) is 4.09. The lowest BCUT2D eigenvalue weighted by atomic mass is 10.1. The van der Waals surface area contributed by atoms with Gasteiger partial charge in [-0.1, -0.05) is 42.1 Å². The lowest BCUT2D eigenvalue weighted by molar-refractivity contribution is 1.12. The fourth-order valence-corrected chi connectivity index (χ4v) is 8.53. The number of rotatable bonds is 2. The fourth-order valence-electron chi connectivity index (χ4n) is 4.08. The van der Waals surface area contributed by atoms with Gasteiger partial charge in [-0.15, -0.1) is 0 Å². The van der Waals surface area contributed by atoms with Crippen molar-refractivity contribution >= 4 is 46.0 Å². The molecule has 3 aromatic rings. The Kier molecular flexibility index (Phi) is 3.88. The number of anilines is 2. The summed E-state index contributed by atoms with van der Waals surface area (Å²) in [5.41, 5.74) is 8.48. The van der Waals surface area contributed by atoms with Crippen molar-refractivity contribution < 1.29 is 0 Å². The van der Waals surface area contributed by atoms with Crippen molar-refractivity contribution in [1.82, 2.24) is 0 Å². The van der Waals surface area contributed by atoms with Gasteiger partial charge in [-0.05, 0) is 69.4 Å². The van der Waals surface area contributed by atoms with Crippen LogP contribution >= 0.6 is 34.6 Å². The molecule has 1 atom stereocenters. The van der Waals surface area contributed by atoms with Gasteiger partial charge in [-0.2, -0.15) is 0 Å². The minimum absolute atomic E-state index is 0.106. The van der Waals surface area contributed by atoms with E-state index in [1.54, 1.807) is 23.1 Å². The van der Waals surface area contributed by atoms with Crippen LogP contribution in [-0.2, 0) is 17.3 Å². The zero-order valence-electron chi connectivity index (χ0n) is 14.7. The summed E-state index contributed by atoms with van der Waals surface area (Å²) in [6, 6.07) is 22.9. The Bertz CT molecular complexity index is 1020. The Morgan fingerprint density at radius 3 is 2.56 bits per heavy atom. The van der Waals surface area contributed by atoms with Crippen LogP contribution in [0.25, 0.3) is 0 Å². The van der Waals surface area contributed by atoms with Crippen molar-refractivity contribution in [3.63, 3.8) is 0 Å². The van der Waals surface area contributed by atoms with Crippen molar-refractivity contribution in [1.29, 1.82) is 0 Å². The average Bonchev–Trinajstić information content (AvgIpc) is 3.42. The largest absolute Gasteiger partial charge is 0.368 e. The van der Waals surface area contributed by atoms with E-state index in [1.165, 1.54) is 43.8 Å². The van der Waals surface area contributed by atoms with Gasteiger partial charge >= 0.3 is 0 Å². The van der Waals surface area contributed by atoms with Crippen LogP contribution in [-0.4, -0.2) is 0 Å². The maximum Gasteiger partial charge on any atom is 0.103 e. The fraction of sp³-hybridized carbons (Fsp3) is 0.182.